The molecule has 0 bridgehead atoms. The van der Waals surface area contributed by atoms with Crippen LogP contribution in [0.15, 0.2) is 48.5 Å². The number of aromatic nitrogens is 3. The van der Waals surface area contributed by atoms with E-state index in [0.717, 1.165) is 53.4 Å². The molecule has 0 unspecified atom stereocenters. The SMILES string of the molecule is CCOc1ccc(-n2c(C)c3c(C)nnc(N4CCC(CCc5ccc(Cl)cc5)CC4)c3c2C)cc1. The number of ether oxygens (including phenoxy) is 1. The van der Waals surface area contributed by atoms with E-state index in [9.17, 15) is 0 Å². The third-order valence-corrected chi connectivity index (χ3v) is 7.85. The van der Waals surface area contributed by atoms with Crippen LogP contribution in [0.1, 0.15) is 48.8 Å². The Morgan fingerprint density at radius 3 is 2.22 bits per heavy atom. The van der Waals surface area contributed by atoms with Crippen LogP contribution in [-0.4, -0.2) is 34.5 Å². The summed E-state index contributed by atoms with van der Waals surface area (Å²) in [6, 6.07) is 16.6. The van der Waals surface area contributed by atoms with Gasteiger partial charge in [0, 0.05) is 46.0 Å². The third-order valence-electron chi connectivity index (χ3n) is 7.60. The van der Waals surface area contributed by atoms with Crippen LogP contribution < -0.4 is 9.64 Å². The Hall–Kier alpha value is -3.05. The number of fused-ring (bicyclic) bond motifs is 1. The summed E-state index contributed by atoms with van der Waals surface area (Å²) >= 11 is 6.04. The summed E-state index contributed by atoms with van der Waals surface area (Å²) in [6.45, 7) is 11.2. The summed E-state index contributed by atoms with van der Waals surface area (Å²) in [5.41, 5.74) is 5.91. The Balaban J connectivity index is 1.37. The highest BCUT2D eigenvalue weighted by Gasteiger charge is 2.26. The number of nitrogens with zero attached hydrogens (tertiary/aromatic N) is 4. The number of piperidine rings is 1. The fourth-order valence-corrected chi connectivity index (χ4v) is 5.82. The molecule has 0 aliphatic carbocycles. The molecule has 1 aliphatic rings. The molecule has 1 fully saturated rings. The van der Waals surface area contributed by atoms with Crippen molar-refractivity contribution in [3.8, 4) is 11.4 Å². The van der Waals surface area contributed by atoms with E-state index in [1.807, 2.05) is 31.2 Å². The number of rotatable bonds is 7. The van der Waals surface area contributed by atoms with Crippen LogP contribution in [0.3, 0.4) is 0 Å². The van der Waals surface area contributed by atoms with E-state index in [1.165, 1.54) is 47.0 Å². The molecule has 0 N–H and O–H groups in total. The number of halogens is 1. The molecule has 2 aromatic carbocycles. The van der Waals surface area contributed by atoms with Crippen LogP contribution in [0, 0.1) is 26.7 Å². The van der Waals surface area contributed by atoms with E-state index in [1.54, 1.807) is 0 Å². The first-order valence-corrected chi connectivity index (χ1v) is 13.4. The van der Waals surface area contributed by atoms with Gasteiger partial charge in [0.1, 0.15) is 5.75 Å². The first-order chi connectivity index (χ1) is 17.5. The molecule has 6 heteroatoms. The molecular formula is C30H35ClN4O. The summed E-state index contributed by atoms with van der Waals surface area (Å²) in [5.74, 6) is 2.66. The maximum absolute atomic E-state index is 6.04. The van der Waals surface area contributed by atoms with E-state index in [0.29, 0.717) is 6.61 Å². The Bertz CT molecular complexity index is 1340. The van der Waals surface area contributed by atoms with Crippen molar-refractivity contribution in [3.63, 3.8) is 0 Å². The van der Waals surface area contributed by atoms with Crippen LogP contribution in [0.2, 0.25) is 5.02 Å². The lowest BCUT2D eigenvalue weighted by Gasteiger charge is -2.33. The van der Waals surface area contributed by atoms with Gasteiger partial charge in [0.25, 0.3) is 0 Å². The van der Waals surface area contributed by atoms with Crippen LogP contribution in [-0.2, 0) is 6.42 Å². The lowest BCUT2D eigenvalue weighted by Crippen LogP contribution is -2.34. The van der Waals surface area contributed by atoms with Crippen LogP contribution in [0.25, 0.3) is 16.5 Å². The lowest BCUT2D eigenvalue weighted by atomic mass is 9.90. The fraction of sp³-hybridized carbons (Fsp3) is 0.400. The van der Waals surface area contributed by atoms with Gasteiger partial charge in [-0.2, -0.15) is 5.10 Å². The van der Waals surface area contributed by atoms with E-state index < -0.39 is 0 Å². The van der Waals surface area contributed by atoms with Crippen molar-refractivity contribution in [2.75, 3.05) is 24.6 Å². The van der Waals surface area contributed by atoms with E-state index >= 15 is 0 Å². The fourth-order valence-electron chi connectivity index (χ4n) is 5.70. The molecule has 0 atom stereocenters. The first-order valence-electron chi connectivity index (χ1n) is 13.0. The smallest absolute Gasteiger partial charge is 0.161 e. The molecule has 3 heterocycles. The minimum Gasteiger partial charge on any atom is -0.494 e. The molecule has 188 valence electrons. The summed E-state index contributed by atoms with van der Waals surface area (Å²) < 4.78 is 7.98. The van der Waals surface area contributed by atoms with Crippen molar-refractivity contribution in [1.82, 2.24) is 14.8 Å². The second-order valence-corrected chi connectivity index (χ2v) is 10.3. The van der Waals surface area contributed by atoms with E-state index in [-0.39, 0.29) is 0 Å². The van der Waals surface area contributed by atoms with Crippen LogP contribution in [0.5, 0.6) is 5.75 Å². The van der Waals surface area contributed by atoms with Gasteiger partial charge in [-0.05, 0) is 101 Å². The monoisotopic (exact) mass is 502 g/mol. The zero-order chi connectivity index (χ0) is 25.2. The van der Waals surface area contributed by atoms with Gasteiger partial charge in [-0.15, -0.1) is 5.10 Å². The van der Waals surface area contributed by atoms with Crippen molar-refractivity contribution < 1.29 is 4.74 Å². The summed E-state index contributed by atoms with van der Waals surface area (Å²) in [5, 5.41) is 12.6. The van der Waals surface area contributed by atoms with Crippen molar-refractivity contribution in [1.29, 1.82) is 0 Å². The Morgan fingerprint density at radius 2 is 1.56 bits per heavy atom. The van der Waals surface area contributed by atoms with Gasteiger partial charge in [-0.3, -0.25) is 0 Å². The maximum atomic E-state index is 6.04. The Kier molecular flexibility index (Phi) is 7.20. The molecule has 5 rings (SSSR count). The summed E-state index contributed by atoms with van der Waals surface area (Å²) in [7, 11) is 0. The summed E-state index contributed by atoms with van der Waals surface area (Å²) in [6.07, 6.45) is 4.70. The average Bonchev–Trinajstić information content (AvgIpc) is 3.16. The van der Waals surface area contributed by atoms with Gasteiger partial charge in [-0.25, -0.2) is 0 Å². The second-order valence-electron chi connectivity index (χ2n) is 9.89. The van der Waals surface area contributed by atoms with Gasteiger partial charge in [0.15, 0.2) is 5.82 Å². The average molecular weight is 503 g/mol. The third kappa shape index (κ3) is 4.81. The normalized spacial score (nSPS) is 14.5. The number of anilines is 1. The van der Waals surface area contributed by atoms with Gasteiger partial charge in [0.05, 0.1) is 12.3 Å². The molecule has 0 saturated carbocycles. The molecule has 1 aliphatic heterocycles. The van der Waals surface area contributed by atoms with Crippen molar-refractivity contribution >= 4 is 28.2 Å². The Morgan fingerprint density at radius 1 is 0.889 bits per heavy atom. The lowest BCUT2D eigenvalue weighted by molar-refractivity contribution is 0.340. The highest BCUT2D eigenvalue weighted by molar-refractivity contribution is 6.30. The number of aryl methyl sites for hydroxylation is 4. The van der Waals surface area contributed by atoms with Crippen molar-refractivity contribution in [2.24, 2.45) is 5.92 Å². The molecule has 2 aromatic heterocycles. The molecule has 1 saturated heterocycles. The number of hydrogen-bond acceptors (Lipinski definition) is 4. The van der Waals surface area contributed by atoms with Gasteiger partial charge >= 0.3 is 0 Å². The Labute approximate surface area is 219 Å². The standard InChI is InChI=1S/C30H35ClN4O/c1-5-36-27-14-12-26(13-15-27)35-21(3)28-20(2)32-33-30(29(28)22(35)4)34-18-16-24(17-19-34)7-6-23-8-10-25(31)11-9-23/h8-15,24H,5-7,16-19H2,1-4H3. The van der Waals surface area contributed by atoms with E-state index in [4.69, 9.17) is 21.4 Å². The summed E-state index contributed by atoms with van der Waals surface area (Å²) in [4.78, 5) is 2.45. The maximum Gasteiger partial charge on any atom is 0.161 e. The zero-order valence-electron chi connectivity index (χ0n) is 21.7. The second kappa shape index (κ2) is 10.5. The van der Waals surface area contributed by atoms with Gasteiger partial charge in [0.2, 0.25) is 0 Å². The number of hydrogen-bond donors (Lipinski definition) is 0. The quantitative estimate of drug-likeness (QED) is 0.267. The van der Waals surface area contributed by atoms with Crippen LogP contribution >= 0.6 is 11.6 Å². The van der Waals surface area contributed by atoms with Crippen LogP contribution in [0.4, 0.5) is 5.82 Å². The molecule has 5 nitrogen and oxygen atoms in total. The number of benzene rings is 2. The molecule has 0 radical (unpaired) electrons. The highest BCUT2D eigenvalue weighted by atomic mass is 35.5. The molecule has 0 spiro atoms. The predicted octanol–water partition coefficient (Wildman–Crippen LogP) is 7.25. The topological polar surface area (TPSA) is 43.2 Å². The van der Waals surface area contributed by atoms with Crippen molar-refractivity contribution in [3.05, 3.63) is 76.2 Å². The van der Waals surface area contributed by atoms with Crippen molar-refractivity contribution in [2.45, 2.75) is 53.4 Å². The minimum absolute atomic E-state index is 0.669. The molecular weight excluding hydrogens is 468 g/mol. The van der Waals surface area contributed by atoms with E-state index in [2.05, 4.69) is 59.6 Å². The predicted molar refractivity (Wildman–Crippen MR) is 149 cm³/mol. The van der Waals surface area contributed by atoms with Gasteiger partial charge < -0.3 is 14.2 Å². The largest absolute Gasteiger partial charge is 0.494 e. The minimum atomic E-state index is 0.669. The first kappa shape index (κ1) is 24.6. The highest BCUT2D eigenvalue weighted by Crippen LogP contribution is 2.37. The zero-order valence-corrected chi connectivity index (χ0v) is 22.5. The molecule has 0 amide bonds. The van der Waals surface area contributed by atoms with Gasteiger partial charge in [-0.1, -0.05) is 23.7 Å². The molecule has 4 aromatic rings. The molecule has 36 heavy (non-hydrogen) atoms.